The van der Waals surface area contributed by atoms with Gasteiger partial charge in [0.2, 0.25) is 0 Å². The van der Waals surface area contributed by atoms with E-state index in [1.54, 1.807) is 86.6 Å². The van der Waals surface area contributed by atoms with E-state index >= 15 is 0 Å². The number of rotatable bonds is 8. The van der Waals surface area contributed by atoms with Gasteiger partial charge in [-0.2, -0.15) is 18.2 Å². The molecule has 0 aliphatic carbocycles. The van der Waals surface area contributed by atoms with E-state index in [1.165, 1.54) is 6.07 Å². The van der Waals surface area contributed by atoms with Crippen LogP contribution < -0.4 is 9.30 Å². The van der Waals surface area contributed by atoms with Gasteiger partial charge in [0.15, 0.2) is 0 Å². The molecule has 0 N–H and O–H groups in total. The number of para-hydroxylation sites is 4. The molecule has 7 aromatic carbocycles. The molecule has 278 valence electrons. The molecule has 0 fully saturated rings. The first kappa shape index (κ1) is 23.5. The number of aromatic nitrogens is 4. The molecular weight excluding hydrogens is 880 g/mol. The van der Waals surface area contributed by atoms with Crippen molar-refractivity contribution in [1.29, 1.82) is 0 Å². The zero-order valence-corrected chi connectivity index (χ0v) is 32.5. The monoisotopic (exact) mass is 929 g/mol. The molecule has 5 nitrogen and oxygen atoms in total. The van der Waals surface area contributed by atoms with Crippen LogP contribution in [0.5, 0.6) is 11.5 Å². The minimum absolute atomic E-state index is 0. The van der Waals surface area contributed by atoms with Crippen LogP contribution in [0.3, 0.4) is 0 Å². The van der Waals surface area contributed by atoms with Crippen LogP contribution in [0.1, 0.15) is 44.5 Å². The minimum atomic E-state index is -0.599. The summed E-state index contributed by atoms with van der Waals surface area (Å²) < 4.78 is 133. The van der Waals surface area contributed by atoms with Crippen molar-refractivity contribution < 1.29 is 49.6 Å². The van der Waals surface area contributed by atoms with Gasteiger partial charge in [0.05, 0.1) is 35.9 Å². The Morgan fingerprint density at radius 3 is 2.11 bits per heavy atom. The molecule has 10 aromatic rings. The van der Waals surface area contributed by atoms with Crippen molar-refractivity contribution in [2.75, 3.05) is 0 Å². The first-order chi connectivity index (χ1) is 33.4. The first-order valence-electron chi connectivity index (χ1n) is 24.8. The van der Waals surface area contributed by atoms with Crippen LogP contribution in [-0.2, 0) is 21.1 Å². The van der Waals surface area contributed by atoms with Crippen LogP contribution in [0.15, 0.2) is 176 Å². The van der Waals surface area contributed by atoms with Crippen LogP contribution in [-0.4, -0.2) is 14.1 Å². The maximum Gasteiger partial charge on any atom is 0.268 e. The Morgan fingerprint density at radius 1 is 0.667 bits per heavy atom. The molecule has 3 aromatic heterocycles. The van der Waals surface area contributed by atoms with Crippen molar-refractivity contribution in [1.82, 2.24) is 14.1 Å². The number of benzene rings is 7. The molecule has 0 aliphatic rings. The second-order valence-corrected chi connectivity index (χ2v) is 13.2. The molecule has 0 spiro atoms. The Kier molecular flexibility index (Phi) is 6.26. The number of hydrogen-bond donors (Lipinski definition) is 0. The second kappa shape index (κ2) is 15.2. The summed E-state index contributed by atoms with van der Waals surface area (Å²) in [5, 5.41) is 0.814. The Morgan fingerprint density at radius 2 is 1.35 bits per heavy atom. The standard InChI is InChI=1S/C51H36N4O.Pt/c1-35(2)38-29-30-52-50(31-38)55-46-24-10-9-21-44(46)45-28-27-41(33-49(45)55)56-40-20-13-19-39(32-40)53-34-54(48-26-12-11-25-47(48)53)51-42(36-15-5-3-6-16-36)22-14-23-43(51)37-17-7-4-8-18-37;/h3-31,35H,1-2H3;/q-2;/i3D,4D,5D,6D,7D,8D,9D,10D,15D,16D,17D,18D,21D,24D;. The average molecular weight is 930 g/mol. The van der Waals surface area contributed by atoms with Gasteiger partial charge >= 0.3 is 0 Å². The first-order valence-corrected chi connectivity index (χ1v) is 17.8. The Bertz CT molecular complexity index is 3730. The summed E-state index contributed by atoms with van der Waals surface area (Å²) in [6.45, 7) is 4.08. The summed E-state index contributed by atoms with van der Waals surface area (Å²) in [6.07, 6.45) is 5.00. The smallest absolute Gasteiger partial charge is 0.268 e. The largest absolute Gasteiger partial charge is 0.510 e. The molecule has 0 bridgehead atoms. The number of pyridine rings is 1. The van der Waals surface area contributed by atoms with E-state index in [0.29, 0.717) is 38.8 Å². The molecule has 0 amide bonds. The van der Waals surface area contributed by atoms with Crippen LogP contribution in [0, 0.1) is 18.5 Å². The van der Waals surface area contributed by atoms with Crippen molar-refractivity contribution in [2.24, 2.45) is 0 Å². The van der Waals surface area contributed by atoms with Crippen molar-refractivity contribution in [3.8, 4) is 50.9 Å². The summed E-state index contributed by atoms with van der Waals surface area (Å²) in [4.78, 5) is 4.63. The number of ether oxygens (including phenoxy) is 1. The third-order valence-corrected chi connectivity index (χ3v) is 9.52. The predicted molar refractivity (Wildman–Crippen MR) is 225 cm³/mol. The van der Waals surface area contributed by atoms with E-state index in [2.05, 4.69) is 23.4 Å². The molecule has 6 heteroatoms. The summed E-state index contributed by atoms with van der Waals surface area (Å²) in [7, 11) is 0. The Hall–Kier alpha value is -6.55. The van der Waals surface area contributed by atoms with Crippen LogP contribution in [0.2, 0.25) is 0 Å². The Balaban J connectivity index is 0.00000624. The predicted octanol–water partition coefficient (Wildman–Crippen LogP) is 12.0. The van der Waals surface area contributed by atoms with Crippen molar-refractivity contribution in [3.63, 3.8) is 0 Å². The van der Waals surface area contributed by atoms with Crippen molar-refractivity contribution in [2.45, 2.75) is 19.8 Å². The molecule has 0 atom stereocenters. The normalized spacial score (nSPS) is 14.8. The van der Waals surface area contributed by atoms with Gasteiger partial charge in [0.1, 0.15) is 5.82 Å². The average Bonchev–Trinajstić information content (AvgIpc) is 3.92. The summed E-state index contributed by atoms with van der Waals surface area (Å²) in [5.74, 6) is 1.04. The van der Waals surface area contributed by atoms with Gasteiger partial charge in [0, 0.05) is 44.3 Å². The van der Waals surface area contributed by atoms with Gasteiger partial charge in [0.25, 0.3) is 6.33 Å². The molecule has 57 heavy (non-hydrogen) atoms. The van der Waals surface area contributed by atoms with Crippen LogP contribution >= 0.6 is 0 Å². The molecule has 3 heterocycles. The van der Waals surface area contributed by atoms with Crippen molar-refractivity contribution >= 4 is 32.8 Å². The van der Waals surface area contributed by atoms with E-state index < -0.39 is 60.4 Å². The van der Waals surface area contributed by atoms with E-state index in [1.807, 2.05) is 26.0 Å². The Labute approximate surface area is 366 Å². The molecule has 10 rings (SSSR count). The maximum atomic E-state index is 8.98. The number of nitrogens with zero attached hydrogens (tertiary/aromatic N) is 4. The fourth-order valence-corrected chi connectivity index (χ4v) is 6.93. The van der Waals surface area contributed by atoms with Gasteiger partial charge in [-0.1, -0.05) is 140 Å². The zero-order chi connectivity index (χ0) is 49.8. The second-order valence-electron chi connectivity index (χ2n) is 13.2. The van der Waals surface area contributed by atoms with Gasteiger partial charge in [-0.15, -0.1) is 29.7 Å². The molecule has 0 aliphatic heterocycles. The summed E-state index contributed by atoms with van der Waals surface area (Å²) >= 11 is 0. The summed E-state index contributed by atoms with van der Waals surface area (Å²) in [5.41, 5.74) is 3.03. The molecule has 0 saturated carbocycles. The van der Waals surface area contributed by atoms with Crippen LogP contribution in [0.25, 0.3) is 72.3 Å². The van der Waals surface area contributed by atoms with E-state index in [0.717, 1.165) is 5.56 Å². The third-order valence-electron chi connectivity index (χ3n) is 9.52. The minimum Gasteiger partial charge on any atom is -0.510 e. The quantitative estimate of drug-likeness (QED) is 0.112. The molecule has 0 radical (unpaired) electrons. The number of imidazole rings is 1. The fourth-order valence-electron chi connectivity index (χ4n) is 6.93. The van der Waals surface area contributed by atoms with E-state index in [9.17, 15) is 0 Å². The van der Waals surface area contributed by atoms with Gasteiger partial charge < -0.3 is 13.9 Å². The van der Waals surface area contributed by atoms with Crippen molar-refractivity contribution in [3.05, 3.63) is 200 Å². The number of hydrogen-bond acceptors (Lipinski definition) is 2. The van der Waals surface area contributed by atoms with Gasteiger partial charge in [-0.05, 0) is 63.0 Å². The number of fused-ring (bicyclic) bond motifs is 4. The molecular formula is C51H36N4OPt-2. The van der Waals surface area contributed by atoms with Gasteiger partial charge in [-0.3, -0.25) is 4.57 Å². The van der Waals surface area contributed by atoms with E-state index in [-0.39, 0.29) is 96.1 Å². The third kappa shape index (κ3) is 6.54. The zero-order valence-electron chi connectivity index (χ0n) is 44.3. The topological polar surface area (TPSA) is 35.9 Å². The summed E-state index contributed by atoms with van der Waals surface area (Å²) in [6, 6.07) is 23.9. The molecule has 0 unspecified atom stereocenters. The van der Waals surface area contributed by atoms with Crippen LogP contribution in [0.4, 0.5) is 0 Å². The molecule has 0 saturated heterocycles. The van der Waals surface area contributed by atoms with E-state index in [4.69, 9.17) is 23.9 Å². The maximum absolute atomic E-state index is 8.98. The van der Waals surface area contributed by atoms with Gasteiger partial charge in [-0.25, -0.2) is 4.98 Å². The SMILES string of the molecule is [2H]c1c([2H])c([2H])c(-c2cccc(-c3c([2H])c([2H])c([2H])c([2H])c3[2H])c2-[n+]2[c-]n(-c3[c-]c(Oc4[c-]c5c(cc4)c4c([2H])c([2H])c([2H])c([2H])c4n5-c4cc(C(C)C)ccn4)ccc3)c3ccccc32)c([2H])c1[2H].[Pt]. The fraction of sp³-hybridized carbons (Fsp3) is 0.0588.